The Morgan fingerprint density at radius 1 is 1.50 bits per heavy atom. The molecule has 0 aliphatic heterocycles. The second kappa shape index (κ2) is 7.38. The lowest BCUT2D eigenvalue weighted by atomic mass is 10.2. The Morgan fingerprint density at radius 2 is 2.22 bits per heavy atom. The maximum absolute atomic E-state index is 11.6. The highest BCUT2D eigenvalue weighted by Crippen LogP contribution is 2.21. The molecule has 100 valence electrons. The van der Waals surface area contributed by atoms with Gasteiger partial charge in [0, 0.05) is 21.8 Å². The molecular weight excluding hydrogens is 296 g/mol. The molecule has 0 saturated carbocycles. The van der Waals surface area contributed by atoms with Gasteiger partial charge in [-0.25, -0.2) is 0 Å². The van der Waals surface area contributed by atoms with Crippen LogP contribution in [0.4, 0.5) is 5.69 Å². The van der Waals surface area contributed by atoms with E-state index in [2.05, 4.69) is 26.6 Å². The van der Waals surface area contributed by atoms with Gasteiger partial charge in [0.1, 0.15) is 0 Å². The molecule has 0 aliphatic carbocycles. The molecule has 0 fully saturated rings. The van der Waals surface area contributed by atoms with Crippen LogP contribution in [0.15, 0.2) is 22.7 Å². The van der Waals surface area contributed by atoms with E-state index < -0.39 is 0 Å². The van der Waals surface area contributed by atoms with Gasteiger partial charge < -0.3 is 15.7 Å². The average Bonchev–Trinajstić information content (AvgIpc) is 2.36. The highest BCUT2D eigenvalue weighted by atomic mass is 79.9. The third-order valence-corrected chi connectivity index (χ3v) is 3.19. The fourth-order valence-electron chi connectivity index (χ4n) is 1.45. The molecule has 0 saturated heterocycles. The van der Waals surface area contributed by atoms with Gasteiger partial charge in [0.15, 0.2) is 0 Å². The summed E-state index contributed by atoms with van der Waals surface area (Å²) in [5.41, 5.74) is 1.54. The molecule has 0 heterocycles. The van der Waals surface area contributed by atoms with Gasteiger partial charge in [-0.3, -0.25) is 4.79 Å². The minimum absolute atomic E-state index is 0.0479. The predicted molar refractivity (Wildman–Crippen MR) is 76.5 cm³/mol. The highest BCUT2D eigenvalue weighted by Gasteiger charge is 2.07. The first-order valence-corrected chi connectivity index (χ1v) is 6.78. The van der Waals surface area contributed by atoms with Crippen molar-refractivity contribution in [2.45, 2.75) is 32.9 Å². The largest absolute Gasteiger partial charge is 0.392 e. The molecule has 0 aromatic heterocycles. The molecule has 1 rings (SSSR count). The lowest BCUT2D eigenvalue weighted by Gasteiger charge is -2.14. The molecule has 18 heavy (non-hydrogen) atoms. The quantitative estimate of drug-likeness (QED) is 0.755. The summed E-state index contributed by atoms with van der Waals surface area (Å²) in [7, 11) is 0. The molecule has 0 radical (unpaired) electrons. The van der Waals surface area contributed by atoms with Crippen LogP contribution in [0.2, 0.25) is 0 Å². The lowest BCUT2D eigenvalue weighted by molar-refractivity contribution is -0.120. The van der Waals surface area contributed by atoms with Gasteiger partial charge in [0.2, 0.25) is 5.91 Å². The monoisotopic (exact) mass is 314 g/mol. The summed E-state index contributed by atoms with van der Waals surface area (Å²) in [4.78, 5) is 11.6. The number of hydrogen-bond acceptors (Lipinski definition) is 3. The molecule has 0 bridgehead atoms. The molecule has 1 atom stereocenters. The van der Waals surface area contributed by atoms with E-state index in [0.29, 0.717) is 0 Å². The summed E-state index contributed by atoms with van der Waals surface area (Å²) in [6.45, 7) is 4.14. The third-order valence-electron chi connectivity index (χ3n) is 2.70. The van der Waals surface area contributed by atoms with Gasteiger partial charge in [0.25, 0.3) is 0 Å². The molecule has 0 spiro atoms. The summed E-state index contributed by atoms with van der Waals surface area (Å²) in [6.07, 6.45) is 0.907. The van der Waals surface area contributed by atoms with Crippen molar-refractivity contribution in [2.24, 2.45) is 0 Å². The smallest absolute Gasteiger partial charge is 0.239 e. The van der Waals surface area contributed by atoms with E-state index in [-0.39, 0.29) is 25.1 Å². The minimum Gasteiger partial charge on any atom is -0.392 e. The van der Waals surface area contributed by atoms with E-state index in [1.54, 1.807) is 0 Å². The second-order valence-corrected chi connectivity index (χ2v) is 5.11. The zero-order chi connectivity index (χ0) is 13.5. The van der Waals surface area contributed by atoms with E-state index in [9.17, 15) is 9.90 Å². The zero-order valence-electron chi connectivity index (χ0n) is 10.7. The van der Waals surface area contributed by atoms with Crippen LogP contribution >= 0.6 is 15.9 Å². The van der Waals surface area contributed by atoms with E-state index >= 15 is 0 Å². The van der Waals surface area contributed by atoms with Crippen LogP contribution in [-0.4, -0.2) is 23.6 Å². The number of hydrogen-bond donors (Lipinski definition) is 3. The number of carbonyl (C=O) groups is 1. The van der Waals surface area contributed by atoms with Crippen molar-refractivity contribution in [1.82, 2.24) is 5.32 Å². The fraction of sp³-hybridized carbons (Fsp3) is 0.462. The van der Waals surface area contributed by atoms with E-state index in [0.717, 1.165) is 22.1 Å². The van der Waals surface area contributed by atoms with Gasteiger partial charge in [-0.2, -0.15) is 0 Å². The van der Waals surface area contributed by atoms with Crippen molar-refractivity contribution in [2.75, 3.05) is 11.9 Å². The van der Waals surface area contributed by atoms with Gasteiger partial charge in [-0.05, 0) is 25.5 Å². The molecule has 0 unspecified atom stereocenters. The van der Waals surface area contributed by atoms with Crippen LogP contribution < -0.4 is 10.6 Å². The van der Waals surface area contributed by atoms with Crippen LogP contribution in [0.5, 0.6) is 0 Å². The molecule has 1 amide bonds. The standard InChI is InChI=1S/C13H19BrN2O2/c1-3-9(2)16-13(18)7-15-12-6-11(14)5-4-10(12)8-17/h4-6,9,15,17H,3,7-8H2,1-2H3,(H,16,18)/t9-/m0/s1. The van der Waals surface area contributed by atoms with Crippen LogP contribution in [0, 0.1) is 0 Å². The van der Waals surface area contributed by atoms with Gasteiger partial charge >= 0.3 is 0 Å². The van der Waals surface area contributed by atoms with Crippen molar-refractivity contribution in [3.8, 4) is 0 Å². The number of nitrogens with one attached hydrogen (secondary N) is 2. The average molecular weight is 315 g/mol. The molecule has 5 heteroatoms. The van der Waals surface area contributed by atoms with Crippen molar-refractivity contribution >= 4 is 27.5 Å². The number of anilines is 1. The molecule has 1 aromatic carbocycles. The highest BCUT2D eigenvalue weighted by molar-refractivity contribution is 9.10. The Hall–Kier alpha value is -1.07. The minimum atomic E-state index is -0.0530. The first-order chi connectivity index (χ1) is 8.56. The predicted octanol–water partition coefficient (Wildman–Crippen LogP) is 2.27. The Balaban J connectivity index is 2.57. The Labute approximate surface area is 116 Å². The number of benzene rings is 1. The third kappa shape index (κ3) is 4.66. The van der Waals surface area contributed by atoms with E-state index in [4.69, 9.17) is 0 Å². The first-order valence-electron chi connectivity index (χ1n) is 5.99. The van der Waals surface area contributed by atoms with Gasteiger partial charge in [-0.1, -0.05) is 28.9 Å². The van der Waals surface area contributed by atoms with E-state index in [1.807, 2.05) is 32.0 Å². The van der Waals surface area contributed by atoms with E-state index in [1.165, 1.54) is 0 Å². The number of rotatable bonds is 6. The summed E-state index contributed by atoms with van der Waals surface area (Å²) in [5.74, 6) is -0.0479. The molecule has 0 aliphatic rings. The normalized spacial score (nSPS) is 12.0. The number of aliphatic hydroxyl groups is 1. The summed E-state index contributed by atoms with van der Waals surface area (Å²) in [6, 6.07) is 5.70. The Morgan fingerprint density at radius 3 is 2.83 bits per heavy atom. The number of amides is 1. The molecule has 3 N–H and O–H groups in total. The van der Waals surface area contributed by atoms with Crippen LogP contribution in [-0.2, 0) is 11.4 Å². The second-order valence-electron chi connectivity index (χ2n) is 4.19. The molecule has 4 nitrogen and oxygen atoms in total. The van der Waals surface area contributed by atoms with Gasteiger partial charge in [-0.15, -0.1) is 0 Å². The summed E-state index contributed by atoms with van der Waals surface area (Å²) in [5, 5.41) is 15.1. The van der Waals surface area contributed by atoms with Crippen molar-refractivity contribution in [3.63, 3.8) is 0 Å². The lowest BCUT2D eigenvalue weighted by Crippen LogP contribution is -2.36. The van der Waals surface area contributed by atoms with Crippen LogP contribution in [0.1, 0.15) is 25.8 Å². The molecular formula is C13H19BrN2O2. The Kier molecular flexibility index (Phi) is 6.15. The Bertz CT molecular complexity index is 410. The summed E-state index contributed by atoms with van der Waals surface area (Å²) < 4.78 is 0.907. The fourth-order valence-corrected chi connectivity index (χ4v) is 1.82. The van der Waals surface area contributed by atoms with Crippen molar-refractivity contribution in [1.29, 1.82) is 0 Å². The molecule has 1 aromatic rings. The van der Waals surface area contributed by atoms with Crippen LogP contribution in [0.3, 0.4) is 0 Å². The SMILES string of the molecule is CC[C@H](C)NC(=O)CNc1cc(Br)ccc1CO. The first kappa shape index (κ1) is 15.0. The number of carbonyl (C=O) groups excluding carboxylic acids is 1. The van der Waals surface area contributed by atoms with Crippen LogP contribution in [0.25, 0.3) is 0 Å². The topological polar surface area (TPSA) is 61.4 Å². The van der Waals surface area contributed by atoms with Crippen molar-refractivity contribution in [3.05, 3.63) is 28.2 Å². The maximum atomic E-state index is 11.6. The maximum Gasteiger partial charge on any atom is 0.239 e. The van der Waals surface area contributed by atoms with Crippen molar-refractivity contribution < 1.29 is 9.90 Å². The number of aliphatic hydroxyl groups excluding tert-OH is 1. The van der Waals surface area contributed by atoms with Gasteiger partial charge in [0.05, 0.1) is 13.2 Å². The summed E-state index contributed by atoms with van der Waals surface area (Å²) >= 11 is 3.36. The zero-order valence-corrected chi connectivity index (χ0v) is 12.3. The number of halogens is 1.